The summed E-state index contributed by atoms with van der Waals surface area (Å²) >= 11 is 0. The number of hydrogen-bond acceptors (Lipinski definition) is 1. The second-order valence-corrected chi connectivity index (χ2v) is 2.99. The van der Waals surface area contributed by atoms with Crippen LogP contribution < -0.4 is 0 Å². The van der Waals surface area contributed by atoms with Gasteiger partial charge in [0.25, 0.3) is 0 Å². The molecule has 0 heterocycles. The largest absolute Gasteiger partial charge is 0.310 e. The normalized spacial score (nSPS) is 8.10. The van der Waals surface area contributed by atoms with E-state index in [1.54, 1.807) is 0 Å². The summed E-state index contributed by atoms with van der Waals surface area (Å²) in [5.41, 5.74) is 0. The molecular formula is C8H24BN. The highest BCUT2D eigenvalue weighted by Crippen LogP contribution is 1.90. The second kappa shape index (κ2) is 9.02. The maximum atomic E-state index is 2.25. The molecule has 0 atom stereocenters. The molecule has 0 aliphatic rings. The molecule has 0 aliphatic heterocycles. The highest BCUT2D eigenvalue weighted by Gasteiger charge is 1.97. The highest BCUT2D eigenvalue weighted by molar-refractivity contribution is 6.55. The van der Waals surface area contributed by atoms with Crippen LogP contribution >= 0.6 is 0 Å². The predicted octanol–water partition coefficient (Wildman–Crippen LogP) is 2.57. The Hall–Kier alpha value is 0.0249. The van der Waals surface area contributed by atoms with Gasteiger partial charge in [-0.3, -0.25) is 0 Å². The van der Waals surface area contributed by atoms with E-state index in [4.69, 9.17) is 0 Å². The number of rotatable bonds is 3. The minimum atomic E-state index is 0. The van der Waals surface area contributed by atoms with Gasteiger partial charge in [-0.2, -0.15) is 0 Å². The van der Waals surface area contributed by atoms with Crippen LogP contribution in [0, 0.1) is 0 Å². The molecule has 0 aliphatic carbocycles. The molecule has 0 unspecified atom stereocenters. The van der Waals surface area contributed by atoms with Gasteiger partial charge in [0.2, 0.25) is 0 Å². The average Bonchev–Trinajstić information content (AvgIpc) is 1.61. The van der Waals surface area contributed by atoms with Gasteiger partial charge in [0.05, 0.1) is 0 Å². The third-order valence-electron chi connectivity index (χ3n) is 1.15. The van der Waals surface area contributed by atoms with Crippen molar-refractivity contribution in [2.75, 3.05) is 20.6 Å². The van der Waals surface area contributed by atoms with E-state index in [1.165, 1.54) is 12.9 Å². The average molecular weight is 145 g/mol. The summed E-state index contributed by atoms with van der Waals surface area (Å²) in [6.45, 7) is 6.57. The van der Waals surface area contributed by atoms with Crippen LogP contribution in [0.3, 0.4) is 0 Å². The molecule has 0 N–H and O–H groups in total. The van der Waals surface area contributed by atoms with E-state index in [2.05, 4.69) is 32.6 Å². The zero-order valence-electron chi connectivity index (χ0n) is 6.44. The Morgan fingerprint density at radius 2 is 1.50 bits per heavy atom. The van der Waals surface area contributed by atoms with Crippen molar-refractivity contribution >= 4 is 6.71 Å². The van der Waals surface area contributed by atoms with Crippen molar-refractivity contribution in [3.63, 3.8) is 0 Å². The Kier molecular flexibility index (Phi) is 14.9. The molecule has 64 valence electrons. The van der Waals surface area contributed by atoms with E-state index < -0.39 is 0 Å². The van der Waals surface area contributed by atoms with Gasteiger partial charge >= 0.3 is 0 Å². The molecule has 0 fully saturated rings. The molecule has 0 spiro atoms. The topological polar surface area (TPSA) is 3.24 Å². The molecule has 0 aromatic heterocycles. The third-order valence-corrected chi connectivity index (χ3v) is 1.15. The standard InChI is InChI=1S/C6H16BN.2CH4/c1-7(2)5-6-8(3)4;;/h5-6H2,1-4H3;2*1H4. The Balaban J connectivity index is -0.000000245. The lowest BCUT2D eigenvalue weighted by molar-refractivity contribution is 0.432. The van der Waals surface area contributed by atoms with Gasteiger partial charge in [0.1, 0.15) is 6.71 Å². The Morgan fingerprint density at radius 1 is 1.10 bits per heavy atom. The first kappa shape index (κ1) is 16.5. The van der Waals surface area contributed by atoms with Crippen LogP contribution in [0.5, 0.6) is 0 Å². The molecule has 0 saturated heterocycles. The minimum Gasteiger partial charge on any atom is -0.310 e. The molecule has 0 bridgehead atoms. The SMILES string of the molecule is C.C.CB(C)CCN(C)C. The molecule has 0 rings (SSSR count). The second-order valence-electron chi connectivity index (χ2n) is 2.99. The predicted molar refractivity (Wildman–Crippen MR) is 54.3 cm³/mol. The number of hydrogen-bond donors (Lipinski definition) is 0. The van der Waals surface area contributed by atoms with Crippen LogP contribution in [0.4, 0.5) is 0 Å². The van der Waals surface area contributed by atoms with Crippen LogP contribution in [0.1, 0.15) is 14.9 Å². The monoisotopic (exact) mass is 145 g/mol. The molecule has 2 heteroatoms. The first-order valence-electron chi connectivity index (χ1n) is 3.27. The molecule has 0 amide bonds. The number of nitrogens with zero attached hydrogens (tertiary/aromatic N) is 1. The van der Waals surface area contributed by atoms with Crippen molar-refractivity contribution < 1.29 is 0 Å². The van der Waals surface area contributed by atoms with Crippen LogP contribution in [0.2, 0.25) is 20.0 Å². The van der Waals surface area contributed by atoms with Gasteiger partial charge in [-0.05, 0) is 20.6 Å². The summed E-state index contributed by atoms with van der Waals surface area (Å²) in [7, 11) is 4.23. The fourth-order valence-corrected chi connectivity index (χ4v) is 0.516. The summed E-state index contributed by atoms with van der Waals surface area (Å²) in [5, 5.41) is 0. The Bertz CT molecular complexity index is 45.2. The molecule has 1 nitrogen and oxygen atoms in total. The lowest BCUT2D eigenvalue weighted by atomic mass is 9.52. The molecule has 0 aromatic rings. The van der Waals surface area contributed by atoms with Gasteiger partial charge in [-0.25, -0.2) is 0 Å². The lowest BCUT2D eigenvalue weighted by Crippen LogP contribution is -2.17. The summed E-state index contributed by atoms with van der Waals surface area (Å²) in [6, 6.07) is 0. The van der Waals surface area contributed by atoms with Gasteiger partial charge in [-0.1, -0.05) is 34.8 Å². The fourth-order valence-electron chi connectivity index (χ4n) is 0.516. The van der Waals surface area contributed by atoms with Crippen molar-refractivity contribution in [1.82, 2.24) is 4.90 Å². The molecular weight excluding hydrogens is 121 g/mol. The summed E-state index contributed by atoms with van der Waals surface area (Å²) < 4.78 is 0. The summed E-state index contributed by atoms with van der Waals surface area (Å²) in [4.78, 5) is 2.22. The quantitative estimate of drug-likeness (QED) is 0.551. The minimum absolute atomic E-state index is 0. The van der Waals surface area contributed by atoms with Gasteiger partial charge in [0, 0.05) is 0 Å². The van der Waals surface area contributed by atoms with Crippen LogP contribution in [0.15, 0.2) is 0 Å². The van der Waals surface area contributed by atoms with Crippen molar-refractivity contribution in [3.8, 4) is 0 Å². The molecule has 0 radical (unpaired) electrons. The lowest BCUT2D eigenvalue weighted by Gasteiger charge is -2.08. The van der Waals surface area contributed by atoms with Gasteiger partial charge in [0.15, 0.2) is 0 Å². The van der Waals surface area contributed by atoms with Crippen molar-refractivity contribution in [3.05, 3.63) is 0 Å². The van der Waals surface area contributed by atoms with E-state index in [0.717, 1.165) is 6.71 Å². The van der Waals surface area contributed by atoms with E-state index in [-0.39, 0.29) is 14.9 Å². The Labute approximate surface area is 67.9 Å². The molecule has 0 aromatic carbocycles. The summed E-state index contributed by atoms with van der Waals surface area (Å²) in [6.07, 6.45) is 1.31. The Morgan fingerprint density at radius 3 is 1.60 bits per heavy atom. The van der Waals surface area contributed by atoms with Gasteiger partial charge < -0.3 is 4.90 Å². The molecule has 0 saturated carbocycles. The summed E-state index contributed by atoms with van der Waals surface area (Å²) in [5.74, 6) is 0. The maximum Gasteiger partial charge on any atom is 0.134 e. The van der Waals surface area contributed by atoms with Crippen molar-refractivity contribution in [1.29, 1.82) is 0 Å². The fraction of sp³-hybridized carbons (Fsp3) is 1.00. The van der Waals surface area contributed by atoms with E-state index in [9.17, 15) is 0 Å². The maximum absolute atomic E-state index is 2.25. The third kappa shape index (κ3) is 15.7. The first-order valence-corrected chi connectivity index (χ1v) is 3.27. The van der Waals surface area contributed by atoms with E-state index in [1.807, 2.05) is 0 Å². The van der Waals surface area contributed by atoms with Gasteiger partial charge in [-0.15, -0.1) is 0 Å². The molecule has 10 heavy (non-hydrogen) atoms. The first-order chi connectivity index (χ1) is 3.63. The van der Waals surface area contributed by atoms with E-state index in [0.29, 0.717) is 0 Å². The van der Waals surface area contributed by atoms with Crippen LogP contribution in [-0.2, 0) is 0 Å². The highest BCUT2D eigenvalue weighted by atomic mass is 15.0. The zero-order chi connectivity index (χ0) is 6.57. The van der Waals surface area contributed by atoms with Crippen molar-refractivity contribution in [2.45, 2.75) is 34.8 Å². The van der Waals surface area contributed by atoms with E-state index >= 15 is 0 Å². The zero-order valence-corrected chi connectivity index (χ0v) is 6.44. The van der Waals surface area contributed by atoms with Crippen LogP contribution in [-0.4, -0.2) is 32.3 Å². The van der Waals surface area contributed by atoms with Crippen LogP contribution in [0.25, 0.3) is 0 Å². The smallest absolute Gasteiger partial charge is 0.134 e. The van der Waals surface area contributed by atoms with Crippen molar-refractivity contribution in [2.24, 2.45) is 0 Å².